The molecule has 1 fully saturated rings. The van der Waals surface area contributed by atoms with Gasteiger partial charge in [-0.05, 0) is 46.3 Å². The fourth-order valence-electron chi connectivity index (χ4n) is 2.67. The molecule has 1 heterocycles. The van der Waals surface area contributed by atoms with Gasteiger partial charge in [0, 0.05) is 12.1 Å². The number of rotatable bonds is 4. The Bertz CT molecular complexity index is 218. The zero-order chi connectivity index (χ0) is 13.1. The summed E-state index contributed by atoms with van der Waals surface area (Å²) in [5.41, 5.74) is 0. The standard InChI is InChI=1S/C12H23F3N2/c1-4-11(16-3)9(2)17-7-5-10(6-8-17)12(13,14)15/h9-11,16H,4-8H2,1-3H3. The minimum absolute atomic E-state index is 0.244. The summed E-state index contributed by atoms with van der Waals surface area (Å²) < 4.78 is 37.6. The lowest BCUT2D eigenvalue weighted by Crippen LogP contribution is -2.51. The van der Waals surface area contributed by atoms with Gasteiger partial charge >= 0.3 is 6.18 Å². The molecule has 0 amide bonds. The molecular weight excluding hydrogens is 229 g/mol. The summed E-state index contributed by atoms with van der Waals surface area (Å²) in [6.45, 7) is 5.31. The molecule has 0 radical (unpaired) electrons. The first-order valence-electron chi connectivity index (χ1n) is 6.38. The summed E-state index contributed by atoms with van der Waals surface area (Å²) in [5, 5.41) is 3.23. The molecule has 0 bridgehead atoms. The molecule has 2 atom stereocenters. The molecule has 0 spiro atoms. The van der Waals surface area contributed by atoms with Crippen LogP contribution in [-0.4, -0.2) is 43.3 Å². The zero-order valence-electron chi connectivity index (χ0n) is 10.8. The first-order chi connectivity index (χ1) is 7.90. The van der Waals surface area contributed by atoms with Gasteiger partial charge < -0.3 is 5.32 Å². The highest BCUT2D eigenvalue weighted by Gasteiger charge is 2.41. The highest BCUT2D eigenvalue weighted by molar-refractivity contribution is 4.84. The molecule has 0 aromatic carbocycles. The molecule has 2 unspecified atom stereocenters. The van der Waals surface area contributed by atoms with Crippen molar-refractivity contribution in [2.45, 2.75) is 51.4 Å². The van der Waals surface area contributed by atoms with E-state index in [-0.39, 0.29) is 12.8 Å². The summed E-state index contributed by atoms with van der Waals surface area (Å²) >= 11 is 0. The molecule has 1 saturated heterocycles. The summed E-state index contributed by atoms with van der Waals surface area (Å²) in [6, 6.07) is 0.664. The Kier molecular flexibility index (Phi) is 5.25. The van der Waals surface area contributed by atoms with Crippen LogP contribution in [-0.2, 0) is 0 Å². The second-order valence-corrected chi connectivity index (χ2v) is 4.90. The van der Waals surface area contributed by atoms with Gasteiger partial charge in [0.15, 0.2) is 0 Å². The van der Waals surface area contributed by atoms with E-state index in [1.54, 1.807) is 0 Å². The van der Waals surface area contributed by atoms with Crippen molar-refractivity contribution in [3.05, 3.63) is 0 Å². The average Bonchev–Trinajstić information content (AvgIpc) is 2.29. The quantitative estimate of drug-likeness (QED) is 0.827. The molecule has 102 valence electrons. The monoisotopic (exact) mass is 252 g/mol. The van der Waals surface area contributed by atoms with E-state index in [1.165, 1.54) is 0 Å². The second kappa shape index (κ2) is 6.05. The number of piperidine rings is 1. The van der Waals surface area contributed by atoms with Crippen LogP contribution in [0.25, 0.3) is 0 Å². The smallest absolute Gasteiger partial charge is 0.315 e. The molecule has 1 rings (SSSR count). The number of alkyl halides is 3. The lowest BCUT2D eigenvalue weighted by molar-refractivity contribution is -0.186. The Morgan fingerprint density at radius 2 is 1.82 bits per heavy atom. The van der Waals surface area contributed by atoms with Crippen LogP contribution in [0.1, 0.15) is 33.1 Å². The number of nitrogens with zero attached hydrogens (tertiary/aromatic N) is 1. The van der Waals surface area contributed by atoms with Crippen molar-refractivity contribution in [1.82, 2.24) is 10.2 Å². The first kappa shape index (κ1) is 14.8. The summed E-state index contributed by atoms with van der Waals surface area (Å²) in [4.78, 5) is 2.17. The Labute approximate surface area is 102 Å². The maximum Gasteiger partial charge on any atom is 0.391 e. The van der Waals surface area contributed by atoms with Crippen LogP contribution in [0.15, 0.2) is 0 Å². The topological polar surface area (TPSA) is 15.3 Å². The fraction of sp³-hybridized carbons (Fsp3) is 1.00. The molecular formula is C12H23F3N2. The third-order valence-electron chi connectivity index (χ3n) is 3.96. The third-order valence-corrected chi connectivity index (χ3v) is 3.96. The molecule has 0 saturated carbocycles. The number of nitrogens with one attached hydrogen (secondary N) is 1. The van der Waals surface area contributed by atoms with Gasteiger partial charge in [-0.2, -0.15) is 13.2 Å². The second-order valence-electron chi connectivity index (χ2n) is 4.90. The van der Waals surface area contributed by atoms with Crippen LogP contribution in [0.5, 0.6) is 0 Å². The van der Waals surface area contributed by atoms with Gasteiger partial charge in [-0.15, -0.1) is 0 Å². The Morgan fingerprint density at radius 3 is 2.18 bits per heavy atom. The van der Waals surface area contributed by atoms with Crippen molar-refractivity contribution >= 4 is 0 Å². The lowest BCUT2D eigenvalue weighted by Gasteiger charge is -2.39. The first-order valence-corrected chi connectivity index (χ1v) is 6.38. The van der Waals surface area contributed by atoms with Crippen molar-refractivity contribution in [3.63, 3.8) is 0 Å². The van der Waals surface area contributed by atoms with Gasteiger partial charge in [0.05, 0.1) is 5.92 Å². The lowest BCUT2D eigenvalue weighted by atomic mass is 9.94. The van der Waals surface area contributed by atoms with Gasteiger partial charge in [-0.3, -0.25) is 4.90 Å². The van der Waals surface area contributed by atoms with Gasteiger partial charge in [-0.1, -0.05) is 6.92 Å². The molecule has 2 nitrogen and oxygen atoms in total. The van der Waals surface area contributed by atoms with Crippen molar-refractivity contribution in [3.8, 4) is 0 Å². The number of halogens is 3. The molecule has 0 aliphatic carbocycles. The van der Waals surface area contributed by atoms with E-state index in [0.717, 1.165) is 6.42 Å². The van der Waals surface area contributed by atoms with Gasteiger partial charge in [0.2, 0.25) is 0 Å². The fourth-order valence-corrected chi connectivity index (χ4v) is 2.67. The van der Waals surface area contributed by atoms with Crippen molar-refractivity contribution < 1.29 is 13.2 Å². The summed E-state index contributed by atoms with van der Waals surface area (Å²) in [7, 11) is 1.91. The molecule has 1 aliphatic rings. The van der Waals surface area contributed by atoms with E-state index in [4.69, 9.17) is 0 Å². The predicted octanol–water partition coefficient (Wildman–Crippen LogP) is 2.65. The number of likely N-dealkylation sites (tertiary alicyclic amines) is 1. The normalized spacial score (nSPS) is 23.6. The van der Waals surface area contributed by atoms with E-state index in [9.17, 15) is 13.2 Å². The Hall–Kier alpha value is -0.290. The van der Waals surface area contributed by atoms with Crippen LogP contribution in [0.4, 0.5) is 13.2 Å². The summed E-state index contributed by atoms with van der Waals surface area (Å²) in [5.74, 6) is -1.10. The summed E-state index contributed by atoms with van der Waals surface area (Å²) in [6.07, 6.45) is -2.53. The molecule has 0 aromatic heterocycles. The average molecular weight is 252 g/mol. The van der Waals surface area contributed by atoms with Crippen LogP contribution in [0.3, 0.4) is 0 Å². The van der Waals surface area contributed by atoms with E-state index < -0.39 is 12.1 Å². The molecule has 0 aromatic rings. The predicted molar refractivity (Wildman–Crippen MR) is 63.0 cm³/mol. The number of hydrogen-bond acceptors (Lipinski definition) is 2. The van der Waals surface area contributed by atoms with E-state index in [0.29, 0.717) is 25.2 Å². The minimum atomic E-state index is -4.01. The number of likely N-dealkylation sites (N-methyl/N-ethyl adjacent to an activating group) is 1. The molecule has 5 heteroatoms. The SMILES string of the molecule is CCC(NC)C(C)N1CCC(C(F)(F)F)CC1. The van der Waals surface area contributed by atoms with Crippen LogP contribution in [0, 0.1) is 5.92 Å². The highest BCUT2D eigenvalue weighted by Crippen LogP contribution is 2.34. The van der Waals surface area contributed by atoms with E-state index in [2.05, 4.69) is 24.1 Å². The maximum atomic E-state index is 12.5. The third kappa shape index (κ3) is 3.85. The van der Waals surface area contributed by atoms with E-state index in [1.807, 2.05) is 7.05 Å². The van der Waals surface area contributed by atoms with Gasteiger partial charge in [0.25, 0.3) is 0 Å². The van der Waals surface area contributed by atoms with Crippen molar-refractivity contribution in [2.24, 2.45) is 5.92 Å². The Balaban J connectivity index is 2.46. The van der Waals surface area contributed by atoms with Gasteiger partial charge in [0.1, 0.15) is 0 Å². The molecule has 1 aliphatic heterocycles. The largest absolute Gasteiger partial charge is 0.391 e. The molecule has 1 N–H and O–H groups in total. The van der Waals surface area contributed by atoms with Crippen molar-refractivity contribution in [1.29, 1.82) is 0 Å². The van der Waals surface area contributed by atoms with Crippen molar-refractivity contribution in [2.75, 3.05) is 20.1 Å². The minimum Gasteiger partial charge on any atom is -0.315 e. The zero-order valence-corrected chi connectivity index (χ0v) is 10.8. The Morgan fingerprint density at radius 1 is 1.29 bits per heavy atom. The van der Waals surface area contributed by atoms with Crippen LogP contribution >= 0.6 is 0 Å². The van der Waals surface area contributed by atoms with Crippen LogP contribution in [0.2, 0.25) is 0 Å². The number of hydrogen-bond donors (Lipinski definition) is 1. The molecule has 17 heavy (non-hydrogen) atoms. The highest BCUT2D eigenvalue weighted by atomic mass is 19.4. The van der Waals surface area contributed by atoms with Gasteiger partial charge in [-0.25, -0.2) is 0 Å². The maximum absolute atomic E-state index is 12.5. The van der Waals surface area contributed by atoms with Crippen LogP contribution < -0.4 is 5.32 Å². The van der Waals surface area contributed by atoms with E-state index >= 15 is 0 Å².